The van der Waals surface area contributed by atoms with Crippen LogP contribution < -0.4 is 11.1 Å². The molecule has 0 unspecified atom stereocenters. The van der Waals surface area contributed by atoms with Gasteiger partial charge in [0.05, 0.1) is 5.56 Å². The number of nitrogens with two attached hydrogens (primary N) is 1. The lowest BCUT2D eigenvalue weighted by molar-refractivity contribution is -0.137. The van der Waals surface area contributed by atoms with E-state index in [1.165, 1.54) is 12.1 Å². The Labute approximate surface area is 147 Å². The van der Waals surface area contributed by atoms with E-state index in [0.717, 1.165) is 17.7 Å². The molecule has 0 aliphatic carbocycles. The van der Waals surface area contributed by atoms with Crippen LogP contribution in [0.4, 0.5) is 24.8 Å². The number of pyridine rings is 1. The molecular formula is C17H17F3N6. The molecule has 2 aromatic heterocycles. The van der Waals surface area contributed by atoms with Crippen LogP contribution >= 0.6 is 0 Å². The zero-order valence-corrected chi connectivity index (χ0v) is 13.7. The van der Waals surface area contributed by atoms with E-state index >= 15 is 0 Å². The van der Waals surface area contributed by atoms with Gasteiger partial charge in [-0.1, -0.05) is 6.07 Å². The van der Waals surface area contributed by atoms with Crippen LogP contribution in [0.3, 0.4) is 0 Å². The minimum atomic E-state index is -4.41. The number of nitrogens with one attached hydrogen (secondary N) is 1. The Morgan fingerprint density at radius 1 is 1.12 bits per heavy atom. The summed E-state index contributed by atoms with van der Waals surface area (Å²) in [5.41, 5.74) is 5.89. The van der Waals surface area contributed by atoms with E-state index in [1.54, 1.807) is 29.2 Å². The molecule has 9 heteroatoms. The summed E-state index contributed by atoms with van der Waals surface area (Å²) in [5.74, 6) is 0.809. The summed E-state index contributed by atoms with van der Waals surface area (Å²) in [6.07, 6.45) is -0.438. The van der Waals surface area contributed by atoms with E-state index in [9.17, 15) is 13.2 Å². The molecular weight excluding hydrogens is 345 g/mol. The molecule has 1 aromatic carbocycles. The number of hydrogen-bond donors (Lipinski definition) is 2. The molecule has 0 radical (unpaired) electrons. The number of nitrogens with zero attached hydrogens (tertiary/aromatic N) is 4. The largest absolute Gasteiger partial charge is 0.416 e. The number of halogens is 3. The van der Waals surface area contributed by atoms with E-state index in [2.05, 4.69) is 20.4 Å². The molecule has 0 spiro atoms. The minimum absolute atomic E-state index is 0.216. The predicted octanol–water partition coefficient (Wildman–Crippen LogP) is 3.45. The molecule has 0 amide bonds. The lowest BCUT2D eigenvalue weighted by Crippen LogP contribution is -2.08. The summed E-state index contributed by atoms with van der Waals surface area (Å²) < 4.78 is 40.2. The van der Waals surface area contributed by atoms with E-state index in [4.69, 9.17) is 5.73 Å². The number of alkyl halides is 3. The van der Waals surface area contributed by atoms with Gasteiger partial charge in [-0.05, 0) is 43.3 Å². The average Bonchev–Trinajstić information content (AvgIpc) is 3.03. The molecule has 0 bridgehead atoms. The van der Waals surface area contributed by atoms with E-state index in [1.807, 2.05) is 0 Å². The minimum Gasteiger partial charge on any atom is -0.330 e. The number of aryl methyl sites for hydroxylation is 1. The third-order valence-corrected chi connectivity index (χ3v) is 3.63. The smallest absolute Gasteiger partial charge is 0.330 e. The summed E-state index contributed by atoms with van der Waals surface area (Å²) in [5, 5.41) is 7.18. The molecule has 0 fully saturated rings. The highest BCUT2D eigenvalue weighted by molar-refractivity contribution is 5.60. The highest BCUT2D eigenvalue weighted by Gasteiger charge is 2.30. The van der Waals surface area contributed by atoms with Crippen LogP contribution in [-0.4, -0.2) is 26.3 Å². The Morgan fingerprint density at radius 2 is 1.88 bits per heavy atom. The topological polar surface area (TPSA) is 81.7 Å². The van der Waals surface area contributed by atoms with Crippen LogP contribution in [0.1, 0.15) is 12.0 Å². The number of aromatic nitrogens is 4. The molecule has 0 saturated heterocycles. The van der Waals surface area contributed by atoms with Crippen molar-refractivity contribution >= 4 is 11.6 Å². The fourth-order valence-electron chi connectivity index (χ4n) is 2.41. The van der Waals surface area contributed by atoms with Gasteiger partial charge in [-0.3, -0.25) is 4.98 Å². The van der Waals surface area contributed by atoms with Gasteiger partial charge in [0.15, 0.2) is 5.82 Å². The predicted molar refractivity (Wildman–Crippen MR) is 91.7 cm³/mol. The van der Waals surface area contributed by atoms with Crippen molar-refractivity contribution in [1.82, 2.24) is 19.7 Å². The first-order valence-electron chi connectivity index (χ1n) is 7.97. The molecule has 3 aromatic rings. The fourth-order valence-corrected chi connectivity index (χ4v) is 2.41. The first-order valence-corrected chi connectivity index (χ1v) is 7.97. The molecule has 3 rings (SSSR count). The lowest BCUT2D eigenvalue weighted by atomic mass is 10.2. The summed E-state index contributed by atoms with van der Waals surface area (Å²) in [6, 6.07) is 8.48. The van der Waals surface area contributed by atoms with Crippen LogP contribution in [0.25, 0.3) is 11.4 Å². The van der Waals surface area contributed by atoms with Crippen molar-refractivity contribution in [3.8, 4) is 11.4 Å². The van der Waals surface area contributed by atoms with Crippen molar-refractivity contribution in [2.24, 2.45) is 5.73 Å². The molecule has 0 aliphatic rings. The second kappa shape index (κ2) is 7.52. The van der Waals surface area contributed by atoms with Gasteiger partial charge in [0.2, 0.25) is 5.95 Å². The quantitative estimate of drug-likeness (QED) is 0.702. The standard InChI is InChI=1S/C17H17F3N6/c18-17(19,20)13-3-1-4-14(11-13)23-16-24-15(12-5-8-22-9-6-12)26(25-16)10-2-7-21/h1,3-6,8-9,11H,2,7,10,21H2,(H,23,25). The molecule has 2 heterocycles. The summed E-state index contributed by atoms with van der Waals surface area (Å²) in [4.78, 5) is 8.38. The van der Waals surface area contributed by atoms with E-state index in [0.29, 0.717) is 25.3 Å². The zero-order chi connectivity index (χ0) is 18.6. The summed E-state index contributed by atoms with van der Waals surface area (Å²) in [6.45, 7) is 1.04. The number of benzene rings is 1. The van der Waals surface area contributed by atoms with E-state index < -0.39 is 11.7 Å². The number of anilines is 2. The van der Waals surface area contributed by atoms with Crippen molar-refractivity contribution < 1.29 is 13.2 Å². The maximum absolute atomic E-state index is 12.9. The Balaban J connectivity index is 1.90. The second-order valence-electron chi connectivity index (χ2n) is 5.56. The van der Waals surface area contributed by atoms with Crippen molar-refractivity contribution in [2.75, 3.05) is 11.9 Å². The zero-order valence-electron chi connectivity index (χ0n) is 13.7. The van der Waals surface area contributed by atoms with Crippen LogP contribution in [-0.2, 0) is 12.7 Å². The van der Waals surface area contributed by atoms with Crippen molar-refractivity contribution in [3.05, 3.63) is 54.4 Å². The molecule has 6 nitrogen and oxygen atoms in total. The average molecular weight is 362 g/mol. The van der Waals surface area contributed by atoms with Gasteiger partial charge < -0.3 is 11.1 Å². The van der Waals surface area contributed by atoms with Gasteiger partial charge in [-0.15, -0.1) is 5.10 Å². The van der Waals surface area contributed by atoms with Gasteiger partial charge in [0, 0.05) is 30.2 Å². The third kappa shape index (κ3) is 4.17. The molecule has 136 valence electrons. The van der Waals surface area contributed by atoms with Gasteiger partial charge in [0.25, 0.3) is 0 Å². The van der Waals surface area contributed by atoms with Crippen LogP contribution in [0, 0.1) is 0 Å². The van der Waals surface area contributed by atoms with Gasteiger partial charge in [0.1, 0.15) is 0 Å². The van der Waals surface area contributed by atoms with Crippen molar-refractivity contribution in [1.29, 1.82) is 0 Å². The molecule has 0 aliphatic heterocycles. The van der Waals surface area contributed by atoms with Crippen molar-refractivity contribution in [3.63, 3.8) is 0 Å². The fraction of sp³-hybridized carbons (Fsp3) is 0.235. The summed E-state index contributed by atoms with van der Waals surface area (Å²) >= 11 is 0. The third-order valence-electron chi connectivity index (χ3n) is 3.63. The Kier molecular flexibility index (Phi) is 5.17. The molecule has 26 heavy (non-hydrogen) atoms. The Morgan fingerprint density at radius 3 is 2.58 bits per heavy atom. The van der Waals surface area contributed by atoms with Crippen LogP contribution in [0.2, 0.25) is 0 Å². The van der Waals surface area contributed by atoms with Crippen LogP contribution in [0.15, 0.2) is 48.8 Å². The van der Waals surface area contributed by atoms with E-state index in [-0.39, 0.29) is 11.6 Å². The second-order valence-corrected chi connectivity index (χ2v) is 5.56. The first-order chi connectivity index (χ1) is 12.5. The highest BCUT2D eigenvalue weighted by Crippen LogP contribution is 2.31. The molecule has 0 saturated carbocycles. The highest BCUT2D eigenvalue weighted by atomic mass is 19.4. The molecule has 3 N–H and O–H groups in total. The van der Waals surface area contributed by atoms with Gasteiger partial charge in [-0.25, -0.2) is 4.68 Å². The van der Waals surface area contributed by atoms with Crippen LogP contribution in [0.5, 0.6) is 0 Å². The Bertz CT molecular complexity index is 860. The van der Waals surface area contributed by atoms with Gasteiger partial charge in [-0.2, -0.15) is 18.2 Å². The van der Waals surface area contributed by atoms with Gasteiger partial charge >= 0.3 is 6.18 Å². The maximum atomic E-state index is 12.9. The lowest BCUT2D eigenvalue weighted by Gasteiger charge is -2.08. The number of hydrogen-bond acceptors (Lipinski definition) is 5. The number of rotatable bonds is 6. The normalized spacial score (nSPS) is 11.5. The first kappa shape index (κ1) is 17.9. The molecule has 0 atom stereocenters. The monoisotopic (exact) mass is 362 g/mol. The maximum Gasteiger partial charge on any atom is 0.416 e. The van der Waals surface area contributed by atoms with Crippen molar-refractivity contribution in [2.45, 2.75) is 19.1 Å². The summed E-state index contributed by atoms with van der Waals surface area (Å²) in [7, 11) is 0. The Hall–Kier alpha value is -2.94. The SMILES string of the molecule is NCCCn1nc(Nc2cccc(C(F)(F)F)c2)nc1-c1ccncc1.